The Morgan fingerprint density at radius 3 is 1.56 bits per heavy atom. The molecule has 20 nitrogen and oxygen atoms in total. The first-order valence-corrected chi connectivity index (χ1v) is 13.5. The van der Waals surface area contributed by atoms with Gasteiger partial charge in [-0.05, 0) is 0 Å². The third-order valence-electron chi connectivity index (χ3n) is 7.81. The van der Waals surface area contributed by atoms with E-state index in [0.717, 1.165) is 0 Å². The molecular weight excluding hydrogens is 596 g/mol. The average molecular weight is 637 g/mol. The lowest BCUT2D eigenvalue weighted by molar-refractivity contribution is -0.397. The average Bonchev–Trinajstić information content (AvgIpc) is 2.99. The van der Waals surface area contributed by atoms with Crippen LogP contribution in [-0.2, 0) is 33.2 Å². The molecule has 0 spiro atoms. The van der Waals surface area contributed by atoms with Crippen LogP contribution < -0.4 is 0 Å². The molecular formula is C23H40O20. The van der Waals surface area contributed by atoms with Crippen LogP contribution in [-0.4, -0.2) is 210 Å². The second-order valence-corrected chi connectivity index (χ2v) is 10.7. The number of rotatable bonds is 9. The zero-order valence-corrected chi connectivity index (χ0v) is 22.5. The summed E-state index contributed by atoms with van der Waals surface area (Å²) in [5, 5.41) is 132. The molecule has 13 N–H and O–H groups in total. The third kappa shape index (κ3) is 7.13. The highest BCUT2D eigenvalue weighted by atomic mass is 16.8. The summed E-state index contributed by atoms with van der Waals surface area (Å²) in [4.78, 5) is 0. The topological polar surface area (TPSA) is 328 Å². The van der Waals surface area contributed by atoms with Gasteiger partial charge in [0, 0.05) is 0 Å². The van der Waals surface area contributed by atoms with Crippen molar-refractivity contribution in [1.82, 2.24) is 0 Å². The maximum Gasteiger partial charge on any atom is 0.187 e. The van der Waals surface area contributed by atoms with E-state index in [1.54, 1.807) is 0 Å². The van der Waals surface area contributed by atoms with Crippen molar-refractivity contribution in [3.05, 3.63) is 0 Å². The van der Waals surface area contributed by atoms with Crippen molar-refractivity contribution in [1.29, 1.82) is 0 Å². The maximum atomic E-state index is 10.9. The van der Waals surface area contributed by atoms with Gasteiger partial charge in [-0.15, -0.1) is 0 Å². The Bertz CT molecular complexity index is 869. The van der Waals surface area contributed by atoms with Crippen LogP contribution in [0, 0.1) is 0 Å². The van der Waals surface area contributed by atoms with E-state index in [2.05, 4.69) is 0 Å². The zero-order chi connectivity index (χ0) is 31.7. The summed E-state index contributed by atoms with van der Waals surface area (Å²) in [5.41, 5.74) is 0. The molecule has 4 fully saturated rings. The van der Waals surface area contributed by atoms with Crippen LogP contribution in [0.1, 0.15) is 0 Å². The molecule has 20 heteroatoms. The van der Waals surface area contributed by atoms with E-state index in [4.69, 9.17) is 33.2 Å². The van der Waals surface area contributed by atoms with Crippen molar-refractivity contribution in [3.63, 3.8) is 0 Å². The molecule has 0 radical (unpaired) electrons. The highest BCUT2D eigenvalue weighted by Gasteiger charge is 2.55. The van der Waals surface area contributed by atoms with Crippen molar-refractivity contribution >= 4 is 0 Å². The Labute approximate surface area is 243 Å². The van der Waals surface area contributed by atoms with Gasteiger partial charge >= 0.3 is 0 Å². The van der Waals surface area contributed by atoms with E-state index in [1.165, 1.54) is 0 Å². The van der Waals surface area contributed by atoms with Crippen LogP contribution in [0.25, 0.3) is 0 Å². The van der Waals surface area contributed by atoms with Gasteiger partial charge in [-0.25, -0.2) is 0 Å². The van der Waals surface area contributed by atoms with E-state index in [0.29, 0.717) is 0 Å². The highest BCUT2D eigenvalue weighted by Crippen LogP contribution is 2.34. The minimum absolute atomic E-state index is 0.497. The molecule has 4 aliphatic heterocycles. The van der Waals surface area contributed by atoms with Gasteiger partial charge in [-0.1, -0.05) is 0 Å². The second-order valence-electron chi connectivity index (χ2n) is 10.7. The maximum absolute atomic E-state index is 10.9. The van der Waals surface area contributed by atoms with Gasteiger partial charge in [0.1, 0.15) is 91.6 Å². The summed E-state index contributed by atoms with van der Waals surface area (Å²) in [5.74, 6) is 0. The molecule has 0 aromatic carbocycles. The molecule has 43 heavy (non-hydrogen) atoms. The summed E-state index contributed by atoms with van der Waals surface area (Å²) in [7, 11) is 0. The summed E-state index contributed by atoms with van der Waals surface area (Å²) in [6.45, 7) is -3.06. The van der Waals surface area contributed by atoms with Crippen LogP contribution in [0.2, 0.25) is 0 Å². The molecule has 0 amide bonds. The Hall–Kier alpha value is -0.800. The molecule has 0 aromatic rings. The summed E-state index contributed by atoms with van der Waals surface area (Å²) >= 11 is 0. The summed E-state index contributed by atoms with van der Waals surface area (Å²) in [6, 6.07) is 0. The highest BCUT2D eigenvalue weighted by molar-refractivity contribution is 4.97. The molecule has 0 bridgehead atoms. The molecule has 4 heterocycles. The van der Waals surface area contributed by atoms with Crippen molar-refractivity contribution in [2.24, 2.45) is 0 Å². The zero-order valence-electron chi connectivity index (χ0n) is 22.5. The molecule has 0 aromatic heterocycles. The van der Waals surface area contributed by atoms with Crippen molar-refractivity contribution in [2.45, 2.75) is 117 Å². The lowest BCUT2D eigenvalue weighted by Gasteiger charge is -2.49. The molecule has 0 aliphatic carbocycles. The van der Waals surface area contributed by atoms with Gasteiger partial charge in [0.2, 0.25) is 0 Å². The molecule has 4 rings (SSSR count). The molecule has 1 unspecified atom stereocenters. The van der Waals surface area contributed by atoms with Gasteiger partial charge in [0.25, 0.3) is 0 Å². The van der Waals surface area contributed by atoms with Crippen LogP contribution >= 0.6 is 0 Å². The van der Waals surface area contributed by atoms with Crippen LogP contribution in [0.4, 0.5) is 0 Å². The van der Waals surface area contributed by atoms with Crippen LogP contribution in [0.5, 0.6) is 0 Å². The lowest BCUT2D eigenvalue weighted by atomic mass is 9.96. The van der Waals surface area contributed by atoms with Crippen molar-refractivity contribution in [3.8, 4) is 0 Å². The van der Waals surface area contributed by atoms with Gasteiger partial charge in [0.05, 0.1) is 26.4 Å². The molecule has 19 atom stereocenters. The first-order chi connectivity index (χ1) is 20.3. The number of ether oxygens (including phenoxy) is 7. The summed E-state index contributed by atoms with van der Waals surface area (Å²) in [6.07, 6.45) is -33.6. The van der Waals surface area contributed by atoms with E-state index >= 15 is 0 Å². The van der Waals surface area contributed by atoms with Crippen LogP contribution in [0.15, 0.2) is 0 Å². The Morgan fingerprint density at radius 1 is 0.442 bits per heavy atom. The Balaban J connectivity index is 1.61. The van der Waals surface area contributed by atoms with Crippen LogP contribution in [0.3, 0.4) is 0 Å². The van der Waals surface area contributed by atoms with Crippen molar-refractivity contribution in [2.75, 3.05) is 26.4 Å². The van der Waals surface area contributed by atoms with E-state index in [9.17, 15) is 66.4 Å². The standard InChI is InChI=1S/C23H40O20/c24-1-6-10(29)12(31)15(34)22(39-6)43-19-13(32)11(30)7(2-25)40-23(19)41-17-8(3-26)38-20(36)16(35)18(17)42-21-14(33)9(28)5(27)4-37-21/h5-36H,1-4H2/t5-,6-,7-,8-,9+,10-,11-,12+,13+,14-,15-,16-,17+,18-,19-,20?,21+,22+,23+/m1/s1. The molecule has 252 valence electrons. The molecule has 4 saturated heterocycles. The largest absolute Gasteiger partial charge is 0.394 e. The van der Waals surface area contributed by atoms with Gasteiger partial charge in [-0.2, -0.15) is 0 Å². The Morgan fingerprint density at radius 2 is 0.953 bits per heavy atom. The molecule has 4 aliphatic rings. The number of hydrogen-bond acceptors (Lipinski definition) is 20. The molecule has 0 saturated carbocycles. The minimum Gasteiger partial charge on any atom is -0.394 e. The van der Waals surface area contributed by atoms with E-state index < -0.39 is 143 Å². The second kappa shape index (κ2) is 14.7. The first-order valence-electron chi connectivity index (χ1n) is 13.5. The minimum atomic E-state index is -1.98. The SMILES string of the molecule is OC[C@H]1O[C@@H](O[C@H]2[C@H](O[C@@H]3[C@H](O[C@@H]4OC[C@@H](O)[C@H](O)[C@H]4O)[C@@H](O)C(O)O[C@@H]3CO)O[C@H](CO)[C@@H](O)[C@@H]2O)[C@H](O)[C@@H](O)[C@@H]1O. The predicted octanol–water partition coefficient (Wildman–Crippen LogP) is -9.11. The van der Waals surface area contributed by atoms with Gasteiger partial charge in [-0.3, -0.25) is 0 Å². The van der Waals surface area contributed by atoms with E-state index in [1.807, 2.05) is 0 Å². The fraction of sp³-hybridized carbons (Fsp3) is 1.00. The predicted molar refractivity (Wildman–Crippen MR) is 128 cm³/mol. The number of aliphatic hydroxyl groups is 13. The first kappa shape index (κ1) is 35.1. The fourth-order valence-electron chi connectivity index (χ4n) is 5.23. The summed E-state index contributed by atoms with van der Waals surface area (Å²) < 4.78 is 38.3. The Kier molecular flexibility index (Phi) is 12.0. The third-order valence-corrected chi connectivity index (χ3v) is 7.81. The number of aliphatic hydroxyl groups excluding tert-OH is 13. The van der Waals surface area contributed by atoms with Crippen molar-refractivity contribution < 1.29 is 99.5 Å². The monoisotopic (exact) mass is 636 g/mol. The number of hydrogen-bond donors (Lipinski definition) is 13. The van der Waals surface area contributed by atoms with Gasteiger partial charge in [0.15, 0.2) is 25.2 Å². The lowest BCUT2D eigenvalue weighted by Crippen LogP contribution is -2.67. The quantitative estimate of drug-likeness (QED) is 0.112. The fourth-order valence-corrected chi connectivity index (χ4v) is 5.23. The van der Waals surface area contributed by atoms with Gasteiger partial charge < -0.3 is 99.5 Å². The van der Waals surface area contributed by atoms with E-state index in [-0.39, 0.29) is 0 Å². The smallest absolute Gasteiger partial charge is 0.187 e. The normalized spacial score (nSPS) is 53.1.